The van der Waals surface area contributed by atoms with Crippen LogP contribution >= 0.6 is 11.6 Å². The molecule has 0 saturated carbocycles. The largest absolute Gasteiger partial charge is 0.495 e. The fourth-order valence-corrected chi connectivity index (χ4v) is 3.29. The molecular weight excluding hydrogens is 382 g/mol. The Labute approximate surface area is 156 Å². The summed E-state index contributed by atoms with van der Waals surface area (Å²) in [5.74, 6) is 0.403. The summed E-state index contributed by atoms with van der Waals surface area (Å²) in [5, 5.41) is 14.9. The van der Waals surface area contributed by atoms with E-state index in [4.69, 9.17) is 16.3 Å². The summed E-state index contributed by atoms with van der Waals surface area (Å²) in [7, 11) is 0.375. The molecular formula is C16H18ClN3O5S. The van der Waals surface area contributed by atoms with E-state index in [-0.39, 0.29) is 16.3 Å². The second-order valence-corrected chi connectivity index (χ2v) is 8.21. The number of nitrogens with zero attached hydrogens (tertiary/aromatic N) is 2. The van der Waals surface area contributed by atoms with Crippen molar-refractivity contribution in [3.8, 4) is 5.75 Å². The molecule has 1 N–H and O–H groups in total. The molecule has 140 valence electrons. The van der Waals surface area contributed by atoms with Gasteiger partial charge in [0.05, 0.1) is 22.6 Å². The van der Waals surface area contributed by atoms with Gasteiger partial charge >= 0.3 is 0 Å². The standard InChI is InChI=1S/C16H18ClN3O5S/c1-10-7-14(16(25-4)9-12(10)17)18-13-6-5-11(8-15(13)20(21)22)26(23,24)19(2)3/h5-9,18H,1-4H3. The van der Waals surface area contributed by atoms with Gasteiger partial charge in [0, 0.05) is 31.3 Å². The van der Waals surface area contributed by atoms with Crippen molar-refractivity contribution in [3.05, 3.63) is 51.0 Å². The Morgan fingerprint density at radius 3 is 2.38 bits per heavy atom. The zero-order valence-electron chi connectivity index (χ0n) is 14.6. The van der Waals surface area contributed by atoms with Crippen molar-refractivity contribution in [2.24, 2.45) is 0 Å². The SMILES string of the molecule is COc1cc(Cl)c(C)cc1Nc1ccc(S(=O)(=O)N(C)C)cc1[N+](=O)[O-]. The molecule has 0 aliphatic heterocycles. The number of aryl methyl sites for hydroxylation is 1. The van der Waals surface area contributed by atoms with Gasteiger partial charge in [0.25, 0.3) is 5.69 Å². The highest BCUT2D eigenvalue weighted by Gasteiger charge is 2.23. The van der Waals surface area contributed by atoms with E-state index in [1.807, 2.05) is 0 Å². The second kappa shape index (κ2) is 7.48. The minimum Gasteiger partial charge on any atom is -0.495 e. The zero-order valence-corrected chi connectivity index (χ0v) is 16.2. The van der Waals surface area contributed by atoms with Gasteiger partial charge in [-0.1, -0.05) is 11.6 Å². The number of methoxy groups -OCH3 is 1. The molecule has 26 heavy (non-hydrogen) atoms. The number of hydrogen-bond acceptors (Lipinski definition) is 6. The fraction of sp³-hybridized carbons (Fsp3) is 0.250. The van der Waals surface area contributed by atoms with Gasteiger partial charge in [-0.2, -0.15) is 0 Å². The minimum atomic E-state index is -3.79. The van der Waals surface area contributed by atoms with Gasteiger partial charge in [-0.05, 0) is 30.7 Å². The van der Waals surface area contributed by atoms with Crippen LogP contribution in [0.15, 0.2) is 35.2 Å². The summed E-state index contributed by atoms with van der Waals surface area (Å²) >= 11 is 6.06. The number of nitro benzene ring substituents is 1. The average Bonchev–Trinajstić information content (AvgIpc) is 2.57. The molecule has 0 aliphatic rings. The van der Waals surface area contributed by atoms with E-state index in [0.29, 0.717) is 16.5 Å². The number of anilines is 2. The molecule has 0 aromatic heterocycles. The number of nitro groups is 1. The molecule has 0 aliphatic carbocycles. The van der Waals surface area contributed by atoms with Crippen LogP contribution in [0.4, 0.5) is 17.1 Å². The lowest BCUT2D eigenvalue weighted by atomic mass is 10.2. The first-order valence-corrected chi connectivity index (χ1v) is 9.22. The molecule has 0 atom stereocenters. The Balaban J connectivity index is 2.55. The zero-order chi connectivity index (χ0) is 19.6. The molecule has 0 unspecified atom stereocenters. The maximum atomic E-state index is 12.2. The van der Waals surface area contributed by atoms with E-state index in [1.54, 1.807) is 19.1 Å². The summed E-state index contributed by atoms with van der Waals surface area (Å²) in [4.78, 5) is 10.6. The third kappa shape index (κ3) is 3.90. The molecule has 10 heteroatoms. The molecule has 0 fully saturated rings. The van der Waals surface area contributed by atoms with E-state index in [0.717, 1.165) is 15.9 Å². The first kappa shape index (κ1) is 20.0. The number of ether oxygens (including phenoxy) is 1. The van der Waals surface area contributed by atoms with Crippen molar-refractivity contribution in [1.82, 2.24) is 4.31 Å². The molecule has 2 aromatic carbocycles. The van der Waals surface area contributed by atoms with Crippen molar-refractivity contribution in [2.45, 2.75) is 11.8 Å². The van der Waals surface area contributed by atoms with Crippen LogP contribution in [0.5, 0.6) is 5.75 Å². The van der Waals surface area contributed by atoms with Gasteiger partial charge in [-0.25, -0.2) is 12.7 Å². The van der Waals surface area contributed by atoms with Gasteiger partial charge < -0.3 is 10.1 Å². The summed E-state index contributed by atoms with van der Waals surface area (Å²) in [6.07, 6.45) is 0. The van der Waals surface area contributed by atoms with Crippen molar-refractivity contribution >= 4 is 38.7 Å². The highest BCUT2D eigenvalue weighted by atomic mass is 35.5. The van der Waals surface area contributed by atoms with Crippen LogP contribution in [0.25, 0.3) is 0 Å². The summed E-state index contributed by atoms with van der Waals surface area (Å²) in [6, 6.07) is 6.95. The lowest BCUT2D eigenvalue weighted by molar-refractivity contribution is -0.384. The first-order chi connectivity index (χ1) is 12.1. The van der Waals surface area contributed by atoms with Crippen LogP contribution in [-0.4, -0.2) is 38.9 Å². The van der Waals surface area contributed by atoms with Gasteiger partial charge in [-0.3, -0.25) is 10.1 Å². The van der Waals surface area contributed by atoms with Crippen molar-refractivity contribution in [3.63, 3.8) is 0 Å². The normalized spacial score (nSPS) is 11.5. The number of hydrogen-bond donors (Lipinski definition) is 1. The molecule has 0 heterocycles. The monoisotopic (exact) mass is 399 g/mol. The Morgan fingerprint density at radius 2 is 1.85 bits per heavy atom. The summed E-state index contributed by atoms with van der Waals surface area (Å²) in [6.45, 7) is 1.79. The third-order valence-corrected chi connectivity index (χ3v) is 5.91. The van der Waals surface area contributed by atoms with Crippen molar-refractivity contribution in [1.29, 1.82) is 0 Å². The molecule has 0 amide bonds. The molecule has 0 saturated heterocycles. The number of halogens is 1. The third-order valence-electron chi connectivity index (χ3n) is 3.69. The Morgan fingerprint density at radius 1 is 1.19 bits per heavy atom. The van der Waals surface area contributed by atoms with Gasteiger partial charge in [0.15, 0.2) is 0 Å². The predicted molar refractivity (Wildman–Crippen MR) is 100.0 cm³/mol. The van der Waals surface area contributed by atoms with E-state index >= 15 is 0 Å². The van der Waals surface area contributed by atoms with Gasteiger partial charge in [-0.15, -0.1) is 0 Å². The Hall–Kier alpha value is -2.36. The van der Waals surface area contributed by atoms with Crippen LogP contribution in [0.2, 0.25) is 5.02 Å². The first-order valence-electron chi connectivity index (χ1n) is 7.40. The fourth-order valence-electron chi connectivity index (χ4n) is 2.21. The van der Waals surface area contributed by atoms with E-state index in [9.17, 15) is 18.5 Å². The highest BCUT2D eigenvalue weighted by molar-refractivity contribution is 7.89. The van der Waals surface area contributed by atoms with E-state index in [2.05, 4.69) is 5.32 Å². The smallest absolute Gasteiger partial charge is 0.294 e. The number of nitrogens with one attached hydrogen (secondary N) is 1. The lowest BCUT2D eigenvalue weighted by Crippen LogP contribution is -2.22. The van der Waals surface area contributed by atoms with Gasteiger partial charge in [0.2, 0.25) is 10.0 Å². The molecule has 2 rings (SSSR count). The quantitative estimate of drug-likeness (QED) is 0.588. The highest BCUT2D eigenvalue weighted by Crippen LogP contribution is 2.36. The molecule has 2 aromatic rings. The predicted octanol–water partition coefficient (Wildman–Crippen LogP) is 3.56. The Bertz CT molecular complexity index is 961. The van der Waals surface area contributed by atoms with Crippen LogP contribution < -0.4 is 10.1 Å². The Kier molecular flexibility index (Phi) is 5.74. The molecule has 0 bridgehead atoms. The van der Waals surface area contributed by atoms with Crippen LogP contribution in [0, 0.1) is 17.0 Å². The average molecular weight is 400 g/mol. The number of sulfonamides is 1. The van der Waals surface area contributed by atoms with Crippen LogP contribution in [0.3, 0.4) is 0 Å². The van der Waals surface area contributed by atoms with Crippen molar-refractivity contribution < 1.29 is 18.1 Å². The van der Waals surface area contributed by atoms with E-state index < -0.39 is 14.9 Å². The van der Waals surface area contributed by atoms with E-state index in [1.165, 1.54) is 33.3 Å². The van der Waals surface area contributed by atoms with Crippen molar-refractivity contribution in [2.75, 3.05) is 26.5 Å². The van der Waals surface area contributed by atoms with Crippen LogP contribution in [0.1, 0.15) is 5.56 Å². The minimum absolute atomic E-state index is 0.132. The molecule has 0 radical (unpaired) electrons. The van der Waals surface area contributed by atoms with Gasteiger partial charge in [0.1, 0.15) is 11.4 Å². The summed E-state index contributed by atoms with van der Waals surface area (Å²) in [5.41, 5.74) is 0.987. The molecule has 8 nitrogen and oxygen atoms in total. The number of benzene rings is 2. The maximum absolute atomic E-state index is 12.2. The number of rotatable bonds is 6. The second-order valence-electron chi connectivity index (χ2n) is 5.65. The maximum Gasteiger partial charge on any atom is 0.294 e. The van der Waals surface area contributed by atoms with Crippen LogP contribution in [-0.2, 0) is 10.0 Å². The molecule has 0 spiro atoms. The summed E-state index contributed by atoms with van der Waals surface area (Å²) < 4.78 is 30.6. The topological polar surface area (TPSA) is 102 Å². The lowest BCUT2D eigenvalue weighted by Gasteiger charge is -2.15.